The first-order chi connectivity index (χ1) is 9.31. The van der Waals surface area contributed by atoms with Crippen molar-refractivity contribution < 1.29 is 27.8 Å². The van der Waals surface area contributed by atoms with Crippen molar-refractivity contribution >= 4 is 31.9 Å². The molecule has 0 bridgehead atoms. The lowest BCUT2D eigenvalue weighted by Crippen LogP contribution is -2.37. The van der Waals surface area contributed by atoms with Gasteiger partial charge in [-0.05, 0) is 34.1 Å². The molecule has 0 fully saturated rings. The lowest BCUT2D eigenvalue weighted by atomic mass is 10.3. The Morgan fingerprint density at radius 3 is 2.60 bits per heavy atom. The minimum atomic E-state index is -3.85. The van der Waals surface area contributed by atoms with E-state index in [9.17, 15) is 18.3 Å². The molecular weight excluding hydrogens is 354 g/mol. The summed E-state index contributed by atoms with van der Waals surface area (Å²) in [4.78, 5) is 10.9. The van der Waals surface area contributed by atoms with E-state index in [2.05, 4.69) is 25.4 Å². The lowest BCUT2D eigenvalue weighted by molar-refractivity contribution is -0.149. The monoisotopic (exact) mass is 367 g/mol. The van der Waals surface area contributed by atoms with Crippen LogP contribution in [-0.4, -0.2) is 46.4 Å². The molecule has 0 radical (unpaired) electrons. The van der Waals surface area contributed by atoms with E-state index in [0.29, 0.717) is 10.2 Å². The number of esters is 1. The van der Waals surface area contributed by atoms with E-state index in [1.54, 1.807) is 0 Å². The first-order valence-corrected chi connectivity index (χ1v) is 7.68. The molecule has 0 heterocycles. The average molecular weight is 368 g/mol. The van der Waals surface area contributed by atoms with Gasteiger partial charge >= 0.3 is 5.97 Å². The Morgan fingerprint density at radius 2 is 2.10 bits per heavy atom. The third-order valence-corrected chi connectivity index (χ3v) is 4.41. The standard InChI is InChI=1S/C11H14BrNO6S/c1-18-10-4-3-7(5-8(10)12)20(16,17)13-6-9(14)11(15)19-2/h3-5,9,13-14H,6H2,1-2H3. The van der Waals surface area contributed by atoms with E-state index in [1.807, 2.05) is 0 Å². The zero-order valence-electron chi connectivity index (χ0n) is 10.8. The fourth-order valence-corrected chi connectivity index (χ4v) is 3.06. The minimum Gasteiger partial charge on any atom is -0.496 e. The normalized spacial score (nSPS) is 12.8. The van der Waals surface area contributed by atoms with Gasteiger partial charge < -0.3 is 14.6 Å². The van der Waals surface area contributed by atoms with Gasteiger partial charge in [0, 0.05) is 6.54 Å². The fraction of sp³-hybridized carbons (Fsp3) is 0.364. The smallest absolute Gasteiger partial charge is 0.336 e. The number of sulfonamides is 1. The molecule has 0 saturated carbocycles. The first-order valence-electron chi connectivity index (χ1n) is 5.41. The number of carbonyl (C=O) groups excluding carboxylic acids is 1. The van der Waals surface area contributed by atoms with Gasteiger partial charge in [-0.15, -0.1) is 0 Å². The SMILES string of the molecule is COC(=O)C(O)CNS(=O)(=O)c1ccc(OC)c(Br)c1. The summed E-state index contributed by atoms with van der Waals surface area (Å²) in [7, 11) is -1.29. The van der Waals surface area contributed by atoms with Gasteiger partial charge in [0.05, 0.1) is 23.6 Å². The summed E-state index contributed by atoms with van der Waals surface area (Å²) >= 11 is 3.17. The summed E-state index contributed by atoms with van der Waals surface area (Å²) in [6, 6.07) is 4.18. The van der Waals surface area contributed by atoms with Gasteiger partial charge in [-0.1, -0.05) is 0 Å². The maximum Gasteiger partial charge on any atom is 0.336 e. The molecule has 1 aromatic carbocycles. The molecule has 0 saturated heterocycles. The summed E-state index contributed by atoms with van der Waals surface area (Å²) in [6.07, 6.45) is -1.56. The molecule has 9 heteroatoms. The molecule has 7 nitrogen and oxygen atoms in total. The highest BCUT2D eigenvalue weighted by atomic mass is 79.9. The lowest BCUT2D eigenvalue weighted by Gasteiger charge is -2.11. The molecule has 0 aromatic heterocycles. The third-order valence-electron chi connectivity index (χ3n) is 2.37. The van der Waals surface area contributed by atoms with Crippen LogP contribution in [0.4, 0.5) is 0 Å². The van der Waals surface area contributed by atoms with Crippen LogP contribution in [0.1, 0.15) is 0 Å². The summed E-state index contributed by atoms with van der Waals surface area (Å²) in [5, 5.41) is 9.33. The van der Waals surface area contributed by atoms with Crippen LogP contribution in [0.25, 0.3) is 0 Å². The highest BCUT2D eigenvalue weighted by Gasteiger charge is 2.21. The van der Waals surface area contributed by atoms with E-state index >= 15 is 0 Å². The van der Waals surface area contributed by atoms with Gasteiger partial charge in [-0.25, -0.2) is 17.9 Å². The molecule has 0 amide bonds. The third kappa shape index (κ3) is 4.17. The number of ether oxygens (including phenoxy) is 2. The van der Waals surface area contributed by atoms with Crippen LogP contribution in [-0.2, 0) is 19.6 Å². The van der Waals surface area contributed by atoms with Gasteiger partial charge in [0.15, 0.2) is 6.10 Å². The van der Waals surface area contributed by atoms with Crippen molar-refractivity contribution in [2.45, 2.75) is 11.0 Å². The molecule has 112 valence electrons. The molecule has 1 unspecified atom stereocenters. The summed E-state index contributed by atoms with van der Waals surface area (Å²) < 4.78 is 35.8. The van der Waals surface area contributed by atoms with Gasteiger partial charge in [0.1, 0.15) is 5.75 Å². The van der Waals surface area contributed by atoms with Crippen molar-refractivity contribution in [1.29, 1.82) is 0 Å². The van der Waals surface area contributed by atoms with Crippen molar-refractivity contribution in [3.05, 3.63) is 22.7 Å². The van der Waals surface area contributed by atoms with Crippen molar-refractivity contribution in [2.24, 2.45) is 0 Å². The van der Waals surface area contributed by atoms with E-state index in [1.165, 1.54) is 25.3 Å². The number of nitrogens with one attached hydrogen (secondary N) is 1. The Hall–Kier alpha value is -1.16. The van der Waals surface area contributed by atoms with Crippen LogP contribution in [0.3, 0.4) is 0 Å². The Kier molecular flexibility index (Phi) is 5.93. The number of carbonyl (C=O) groups is 1. The zero-order chi connectivity index (χ0) is 15.3. The predicted octanol–water partition coefficient (Wildman–Crippen LogP) is 0.270. The molecule has 0 aliphatic heterocycles. The van der Waals surface area contributed by atoms with E-state index in [-0.39, 0.29) is 4.90 Å². The number of halogens is 1. The first kappa shape index (κ1) is 16.9. The van der Waals surface area contributed by atoms with Crippen molar-refractivity contribution in [2.75, 3.05) is 20.8 Å². The molecule has 0 aliphatic carbocycles. The van der Waals surface area contributed by atoms with Crippen LogP contribution in [0.15, 0.2) is 27.6 Å². The Morgan fingerprint density at radius 1 is 1.45 bits per heavy atom. The van der Waals surface area contributed by atoms with Crippen LogP contribution in [0.2, 0.25) is 0 Å². The highest BCUT2D eigenvalue weighted by molar-refractivity contribution is 9.10. The Bertz CT molecular complexity index is 589. The molecule has 2 N–H and O–H groups in total. The van der Waals surface area contributed by atoms with Crippen LogP contribution < -0.4 is 9.46 Å². The second kappa shape index (κ2) is 7.02. The van der Waals surface area contributed by atoms with Crippen molar-refractivity contribution in [1.82, 2.24) is 4.72 Å². The van der Waals surface area contributed by atoms with E-state index in [4.69, 9.17) is 4.74 Å². The molecule has 0 aliphatic rings. The number of aliphatic hydroxyl groups excluding tert-OH is 1. The van der Waals surface area contributed by atoms with Crippen molar-refractivity contribution in [3.63, 3.8) is 0 Å². The van der Waals surface area contributed by atoms with Gasteiger partial charge in [-0.3, -0.25) is 0 Å². The average Bonchev–Trinajstić information content (AvgIpc) is 2.43. The van der Waals surface area contributed by atoms with Crippen LogP contribution in [0.5, 0.6) is 5.75 Å². The van der Waals surface area contributed by atoms with E-state index < -0.39 is 28.6 Å². The predicted molar refractivity (Wildman–Crippen MR) is 73.9 cm³/mol. The van der Waals surface area contributed by atoms with Gasteiger partial charge in [-0.2, -0.15) is 0 Å². The number of hydrogen-bond donors (Lipinski definition) is 2. The number of benzene rings is 1. The second-order valence-electron chi connectivity index (χ2n) is 3.69. The minimum absolute atomic E-state index is 0.0257. The summed E-state index contributed by atoms with van der Waals surface area (Å²) in [5.74, 6) is -0.429. The summed E-state index contributed by atoms with van der Waals surface area (Å²) in [5.41, 5.74) is 0. The van der Waals surface area contributed by atoms with Crippen LogP contribution >= 0.6 is 15.9 Å². The number of aliphatic hydroxyl groups is 1. The van der Waals surface area contributed by atoms with Crippen molar-refractivity contribution in [3.8, 4) is 5.75 Å². The van der Waals surface area contributed by atoms with Gasteiger partial charge in [0.25, 0.3) is 0 Å². The molecule has 1 rings (SSSR count). The largest absolute Gasteiger partial charge is 0.496 e. The number of hydrogen-bond acceptors (Lipinski definition) is 6. The Balaban J connectivity index is 2.84. The Labute approximate surface area is 125 Å². The maximum atomic E-state index is 12.0. The zero-order valence-corrected chi connectivity index (χ0v) is 13.2. The molecule has 0 spiro atoms. The number of rotatable bonds is 6. The van der Waals surface area contributed by atoms with E-state index in [0.717, 1.165) is 7.11 Å². The molecule has 20 heavy (non-hydrogen) atoms. The molecular formula is C11H14BrNO6S. The second-order valence-corrected chi connectivity index (χ2v) is 6.31. The quantitative estimate of drug-likeness (QED) is 0.699. The highest BCUT2D eigenvalue weighted by Crippen LogP contribution is 2.27. The van der Waals surface area contributed by atoms with Gasteiger partial charge in [0.2, 0.25) is 10.0 Å². The molecule has 1 atom stereocenters. The van der Waals surface area contributed by atoms with Crippen LogP contribution in [0, 0.1) is 0 Å². The molecule has 1 aromatic rings. The fourth-order valence-electron chi connectivity index (χ4n) is 1.31. The number of methoxy groups -OCH3 is 2. The topological polar surface area (TPSA) is 102 Å². The summed E-state index contributed by atoms with van der Waals surface area (Å²) in [6.45, 7) is -0.474. The maximum absolute atomic E-state index is 12.0.